The number of sulfonamides is 1. The third-order valence-electron chi connectivity index (χ3n) is 7.38. The van der Waals surface area contributed by atoms with Gasteiger partial charge in [-0.1, -0.05) is 85.6 Å². The summed E-state index contributed by atoms with van der Waals surface area (Å²) in [5, 5.41) is 2.90. The largest absolute Gasteiger partial charge is 0.354 e. The molecular weight excluding hydrogens is 596 g/mol. The molecule has 0 radical (unpaired) electrons. The number of aryl methyl sites for hydroxylation is 1. The summed E-state index contributed by atoms with van der Waals surface area (Å²) in [5.74, 6) is -2.44. The van der Waals surface area contributed by atoms with Crippen LogP contribution in [-0.2, 0) is 32.6 Å². The Labute approximate surface area is 263 Å². The van der Waals surface area contributed by atoms with Gasteiger partial charge in [-0.3, -0.25) is 13.9 Å². The first kappa shape index (κ1) is 33.3. The Bertz CT molecular complexity index is 1680. The molecule has 4 aromatic rings. The minimum absolute atomic E-state index is 0.118. The molecular formula is C35H37F2N3O4S. The summed E-state index contributed by atoms with van der Waals surface area (Å²) in [7, 11) is -4.43. The number of anilines is 1. The molecule has 0 spiro atoms. The second-order valence-electron chi connectivity index (χ2n) is 10.8. The van der Waals surface area contributed by atoms with Crippen molar-refractivity contribution in [1.82, 2.24) is 10.2 Å². The average molecular weight is 634 g/mol. The Morgan fingerprint density at radius 1 is 0.822 bits per heavy atom. The summed E-state index contributed by atoms with van der Waals surface area (Å²) >= 11 is 0. The number of hydrogen-bond donors (Lipinski definition) is 1. The third-order valence-corrected chi connectivity index (χ3v) is 9.15. The lowest BCUT2D eigenvalue weighted by molar-refractivity contribution is -0.140. The number of amides is 2. The second-order valence-corrected chi connectivity index (χ2v) is 12.6. The number of nitrogens with one attached hydrogen (secondary N) is 1. The van der Waals surface area contributed by atoms with Crippen molar-refractivity contribution in [3.05, 3.63) is 131 Å². The first-order valence-corrected chi connectivity index (χ1v) is 16.2. The molecule has 0 aliphatic rings. The molecule has 4 aromatic carbocycles. The number of para-hydroxylation sites is 1. The molecule has 0 saturated carbocycles. The Morgan fingerprint density at radius 2 is 1.47 bits per heavy atom. The van der Waals surface area contributed by atoms with Crippen LogP contribution in [0.4, 0.5) is 14.5 Å². The fourth-order valence-electron chi connectivity index (χ4n) is 4.85. The van der Waals surface area contributed by atoms with Gasteiger partial charge in [0.2, 0.25) is 11.8 Å². The Hall–Kier alpha value is -4.57. The third kappa shape index (κ3) is 8.76. The lowest BCUT2D eigenvalue weighted by Crippen LogP contribution is -2.53. The second kappa shape index (κ2) is 15.4. The van der Waals surface area contributed by atoms with Gasteiger partial charge < -0.3 is 10.2 Å². The lowest BCUT2D eigenvalue weighted by Gasteiger charge is -2.34. The van der Waals surface area contributed by atoms with Gasteiger partial charge in [-0.05, 0) is 60.9 Å². The molecule has 0 saturated heterocycles. The van der Waals surface area contributed by atoms with Crippen LogP contribution in [-0.4, -0.2) is 44.3 Å². The van der Waals surface area contributed by atoms with Gasteiger partial charge in [-0.2, -0.15) is 0 Å². The molecule has 45 heavy (non-hydrogen) atoms. The van der Waals surface area contributed by atoms with Crippen molar-refractivity contribution in [3.8, 4) is 0 Å². The fourth-order valence-corrected chi connectivity index (χ4v) is 6.27. The summed E-state index contributed by atoms with van der Waals surface area (Å²) in [5.41, 5.74) is 1.83. The molecule has 0 unspecified atom stereocenters. The van der Waals surface area contributed by atoms with Crippen LogP contribution in [0.2, 0.25) is 0 Å². The predicted molar refractivity (Wildman–Crippen MR) is 171 cm³/mol. The van der Waals surface area contributed by atoms with Crippen LogP contribution in [0.1, 0.15) is 36.5 Å². The van der Waals surface area contributed by atoms with Gasteiger partial charge in [0.25, 0.3) is 10.0 Å². The van der Waals surface area contributed by atoms with E-state index in [0.29, 0.717) is 12.1 Å². The maximum Gasteiger partial charge on any atom is 0.264 e. The van der Waals surface area contributed by atoms with Gasteiger partial charge in [-0.15, -0.1) is 0 Å². The van der Waals surface area contributed by atoms with E-state index in [4.69, 9.17) is 0 Å². The average Bonchev–Trinajstić information content (AvgIpc) is 3.03. The summed E-state index contributed by atoms with van der Waals surface area (Å²) < 4.78 is 57.7. The highest BCUT2D eigenvalue weighted by atomic mass is 32.2. The minimum Gasteiger partial charge on any atom is -0.354 e. The van der Waals surface area contributed by atoms with Gasteiger partial charge in [0.15, 0.2) is 0 Å². The summed E-state index contributed by atoms with van der Waals surface area (Å²) in [6.45, 7) is 3.28. The molecule has 1 atom stereocenters. The van der Waals surface area contributed by atoms with E-state index in [1.807, 2.05) is 37.3 Å². The zero-order valence-electron chi connectivity index (χ0n) is 25.3. The van der Waals surface area contributed by atoms with E-state index in [2.05, 4.69) is 5.32 Å². The van der Waals surface area contributed by atoms with E-state index in [9.17, 15) is 22.4 Å². The lowest BCUT2D eigenvalue weighted by atomic mass is 10.0. The maximum absolute atomic E-state index is 15.2. The van der Waals surface area contributed by atoms with Crippen LogP contribution in [0.3, 0.4) is 0 Å². The number of halogens is 2. The van der Waals surface area contributed by atoms with E-state index in [1.54, 1.807) is 19.1 Å². The number of carbonyl (C=O) groups is 2. The SMILES string of the molecule is CCCCNC(=O)[C@H](Cc1ccccc1)N(Cc1ccc(F)cc1)C(=O)CN(c1ccccc1F)S(=O)(=O)c1ccc(C)cc1. The van der Waals surface area contributed by atoms with E-state index in [-0.39, 0.29) is 23.5 Å². The van der Waals surface area contributed by atoms with Crippen molar-refractivity contribution in [2.75, 3.05) is 17.4 Å². The number of carbonyl (C=O) groups excluding carboxylic acids is 2. The fraction of sp³-hybridized carbons (Fsp3) is 0.257. The van der Waals surface area contributed by atoms with Crippen molar-refractivity contribution < 1.29 is 26.8 Å². The van der Waals surface area contributed by atoms with E-state index in [1.165, 1.54) is 59.5 Å². The highest BCUT2D eigenvalue weighted by molar-refractivity contribution is 7.92. The topological polar surface area (TPSA) is 86.8 Å². The monoisotopic (exact) mass is 633 g/mol. The van der Waals surface area contributed by atoms with E-state index < -0.39 is 46.1 Å². The Balaban J connectivity index is 1.79. The summed E-state index contributed by atoms with van der Waals surface area (Å²) in [6.07, 6.45) is 1.71. The Kier molecular flexibility index (Phi) is 11.4. The van der Waals surface area contributed by atoms with Crippen molar-refractivity contribution in [2.24, 2.45) is 0 Å². The van der Waals surface area contributed by atoms with Crippen molar-refractivity contribution in [1.29, 1.82) is 0 Å². The van der Waals surface area contributed by atoms with Crippen LogP contribution in [0, 0.1) is 18.6 Å². The van der Waals surface area contributed by atoms with Crippen molar-refractivity contribution in [2.45, 2.75) is 50.6 Å². The smallest absolute Gasteiger partial charge is 0.264 e. The first-order valence-electron chi connectivity index (χ1n) is 14.8. The van der Waals surface area contributed by atoms with Crippen LogP contribution in [0.5, 0.6) is 0 Å². The molecule has 0 fully saturated rings. The molecule has 0 aromatic heterocycles. The van der Waals surface area contributed by atoms with Gasteiger partial charge >= 0.3 is 0 Å². The molecule has 10 heteroatoms. The highest BCUT2D eigenvalue weighted by Crippen LogP contribution is 2.27. The molecule has 0 heterocycles. The van der Waals surface area contributed by atoms with Crippen LogP contribution in [0.25, 0.3) is 0 Å². The number of rotatable bonds is 14. The van der Waals surface area contributed by atoms with Gasteiger partial charge in [-0.25, -0.2) is 17.2 Å². The number of hydrogen-bond acceptors (Lipinski definition) is 4. The highest BCUT2D eigenvalue weighted by Gasteiger charge is 2.35. The number of nitrogens with zero attached hydrogens (tertiary/aromatic N) is 2. The molecule has 7 nitrogen and oxygen atoms in total. The zero-order chi connectivity index (χ0) is 32.4. The van der Waals surface area contributed by atoms with Crippen molar-refractivity contribution >= 4 is 27.5 Å². The molecule has 1 N–H and O–H groups in total. The van der Waals surface area contributed by atoms with Crippen LogP contribution in [0.15, 0.2) is 108 Å². The molecule has 0 bridgehead atoms. The molecule has 2 amide bonds. The van der Waals surface area contributed by atoms with Crippen LogP contribution >= 0.6 is 0 Å². The van der Waals surface area contributed by atoms with E-state index in [0.717, 1.165) is 34.3 Å². The first-order chi connectivity index (χ1) is 21.6. The molecule has 4 rings (SSSR count). The molecule has 236 valence electrons. The van der Waals surface area contributed by atoms with Crippen molar-refractivity contribution in [3.63, 3.8) is 0 Å². The Morgan fingerprint density at radius 3 is 2.11 bits per heavy atom. The normalized spacial score (nSPS) is 11.9. The standard InChI is InChI=1S/C35H37F2N3O4S/c1-3-4-22-38-35(42)33(23-27-10-6-5-7-11-27)39(24-28-16-18-29(36)19-17-28)34(41)25-40(32-13-9-8-12-31(32)37)45(43,44)30-20-14-26(2)15-21-30/h5-21,33H,3-4,22-25H2,1-2H3,(H,38,42)/t33-/m0/s1. The van der Waals surface area contributed by atoms with Gasteiger partial charge in [0, 0.05) is 19.5 Å². The quantitative estimate of drug-likeness (QED) is 0.172. The number of benzene rings is 4. The maximum atomic E-state index is 15.2. The number of unbranched alkanes of at least 4 members (excludes halogenated alkanes) is 1. The molecule has 0 aliphatic heterocycles. The van der Waals surface area contributed by atoms with Crippen LogP contribution < -0.4 is 9.62 Å². The van der Waals surface area contributed by atoms with Gasteiger partial charge in [0.1, 0.15) is 24.2 Å². The molecule has 0 aliphatic carbocycles. The predicted octanol–water partition coefficient (Wildman–Crippen LogP) is 6.02. The van der Waals surface area contributed by atoms with Gasteiger partial charge in [0.05, 0.1) is 10.6 Å². The summed E-state index contributed by atoms with van der Waals surface area (Å²) in [4.78, 5) is 29.2. The minimum atomic E-state index is -4.43. The summed E-state index contributed by atoms with van der Waals surface area (Å²) in [6, 6.07) is 24.9. The zero-order valence-corrected chi connectivity index (χ0v) is 26.1. The van der Waals surface area contributed by atoms with E-state index >= 15 is 4.39 Å².